The number of methoxy groups -OCH3 is 1. The van der Waals surface area contributed by atoms with Gasteiger partial charge in [-0.25, -0.2) is 0 Å². The molecule has 0 aliphatic carbocycles. The highest BCUT2D eigenvalue weighted by molar-refractivity contribution is 9.10. The maximum absolute atomic E-state index is 6.08. The lowest BCUT2D eigenvalue weighted by Gasteiger charge is -2.16. The molecule has 0 spiro atoms. The molecule has 2 aromatic rings. The summed E-state index contributed by atoms with van der Waals surface area (Å²) < 4.78 is 6.49. The van der Waals surface area contributed by atoms with Crippen molar-refractivity contribution in [1.29, 1.82) is 0 Å². The van der Waals surface area contributed by atoms with Crippen LogP contribution in [0, 0.1) is 0 Å². The number of benzene rings is 2. The van der Waals surface area contributed by atoms with E-state index in [9.17, 15) is 0 Å². The van der Waals surface area contributed by atoms with Crippen LogP contribution < -0.4 is 10.5 Å². The molecule has 0 aromatic heterocycles. The molecular weight excluding hydrogens is 322 g/mol. The summed E-state index contributed by atoms with van der Waals surface area (Å²) in [5, 5.41) is 0. The molecule has 0 bridgehead atoms. The summed E-state index contributed by atoms with van der Waals surface area (Å²) in [4.78, 5) is 2.29. The first-order valence-electron chi connectivity index (χ1n) is 5.98. The van der Waals surface area contributed by atoms with Crippen LogP contribution in [-0.4, -0.2) is 7.11 Å². The molecule has 0 aliphatic heterocycles. The second kappa shape index (κ2) is 6.46. The molecule has 4 heteroatoms. The molecule has 0 amide bonds. The highest BCUT2D eigenvalue weighted by Crippen LogP contribution is 2.39. The predicted octanol–water partition coefficient (Wildman–Crippen LogP) is 4.63. The van der Waals surface area contributed by atoms with Crippen molar-refractivity contribution in [2.45, 2.75) is 22.8 Å². The fraction of sp³-hybridized carbons (Fsp3) is 0.200. The van der Waals surface area contributed by atoms with E-state index in [1.165, 1.54) is 0 Å². The Labute approximate surface area is 126 Å². The van der Waals surface area contributed by atoms with E-state index in [1.807, 2.05) is 37.3 Å². The number of ether oxygens (including phenoxy) is 1. The van der Waals surface area contributed by atoms with Crippen molar-refractivity contribution < 1.29 is 4.74 Å². The standard InChI is InChI=1S/C15H16BrNOS/c1-10(17)15-12(18-2)7-5-9-14(15)19-13-8-4-3-6-11(13)16/h3-10H,17H2,1-2H3/t10-/m0/s1. The third-order valence-electron chi connectivity index (χ3n) is 2.76. The number of hydrogen-bond acceptors (Lipinski definition) is 3. The molecule has 2 nitrogen and oxygen atoms in total. The van der Waals surface area contributed by atoms with Gasteiger partial charge in [-0.15, -0.1) is 0 Å². The van der Waals surface area contributed by atoms with Gasteiger partial charge in [-0.2, -0.15) is 0 Å². The Bertz CT molecular complexity index is 572. The van der Waals surface area contributed by atoms with Crippen molar-refractivity contribution in [1.82, 2.24) is 0 Å². The Hall–Kier alpha value is -0.970. The topological polar surface area (TPSA) is 35.2 Å². The molecule has 0 radical (unpaired) electrons. The van der Waals surface area contributed by atoms with Crippen molar-refractivity contribution in [2.24, 2.45) is 5.73 Å². The first-order valence-corrected chi connectivity index (χ1v) is 7.59. The van der Waals surface area contributed by atoms with Crippen LogP contribution in [0.4, 0.5) is 0 Å². The first-order chi connectivity index (χ1) is 9.13. The van der Waals surface area contributed by atoms with Crippen molar-refractivity contribution in [3.05, 3.63) is 52.5 Å². The molecule has 0 unspecified atom stereocenters. The molecule has 2 aromatic carbocycles. The average Bonchev–Trinajstić information content (AvgIpc) is 2.40. The molecular formula is C15H16BrNOS. The Kier molecular flexibility index (Phi) is 4.91. The van der Waals surface area contributed by atoms with E-state index in [1.54, 1.807) is 18.9 Å². The van der Waals surface area contributed by atoms with Crippen molar-refractivity contribution in [3.63, 3.8) is 0 Å². The minimum Gasteiger partial charge on any atom is -0.496 e. The Morgan fingerprint density at radius 2 is 1.79 bits per heavy atom. The largest absolute Gasteiger partial charge is 0.496 e. The normalized spacial score (nSPS) is 12.2. The summed E-state index contributed by atoms with van der Waals surface area (Å²) in [6.07, 6.45) is 0. The fourth-order valence-corrected chi connectivity index (χ4v) is 3.51. The van der Waals surface area contributed by atoms with Gasteiger partial charge in [0.05, 0.1) is 7.11 Å². The monoisotopic (exact) mass is 337 g/mol. The number of hydrogen-bond donors (Lipinski definition) is 1. The van der Waals surface area contributed by atoms with Gasteiger partial charge in [-0.1, -0.05) is 30.0 Å². The number of rotatable bonds is 4. The average molecular weight is 338 g/mol. The minimum atomic E-state index is -0.0684. The van der Waals surface area contributed by atoms with E-state index >= 15 is 0 Å². The van der Waals surface area contributed by atoms with E-state index in [-0.39, 0.29) is 6.04 Å². The van der Waals surface area contributed by atoms with E-state index in [4.69, 9.17) is 10.5 Å². The quantitative estimate of drug-likeness (QED) is 0.883. The molecule has 0 heterocycles. The van der Waals surface area contributed by atoms with Gasteiger partial charge in [0.15, 0.2) is 0 Å². The van der Waals surface area contributed by atoms with Crippen LogP contribution in [0.2, 0.25) is 0 Å². The second-order valence-electron chi connectivity index (χ2n) is 4.19. The summed E-state index contributed by atoms with van der Waals surface area (Å²) in [7, 11) is 1.67. The van der Waals surface area contributed by atoms with Crippen LogP contribution in [0.25, 0.3) is 0 Å². The summed E-state index contributed by atoms with van der Waals surface area (Å²) in [5.41, 5.74) is 7.12. The molecule has 0 fully saturated rings. The van der Waals surface area contributed by atoms with Gasteiger partial charge in [0, 0.05) is 25.9 Å². The lowest BCUT2D eigenvalue weighted by atomic mass is 10.1. The summed E-state index contributed by atoms with van der Waals surface area (Å²) in [5.74, 6) is 0.840. The van der Waals surface area contributed by atoms with E-state index in [0.29, 0.717) is 0 Å². The lowest BCUT2D eigenvalue weighted by molar-refractivity contribution is 0.405. The number of nitrogens with two attached hydrogens (primary N) is 1. The molecule has 0 aliphatic rings. The third-order valence-corrected chi connectivity index (χ3v) is 4.86. The molecule has 100 valence electrons. The summed E-state index contributed by atoms with van der Waals surface area (Å²) >= 11 is 5.26. The molecule has 1 atom stereocenters. The van der Waals surface area contributed by atoms with Crippen molar-refractivity contribution >= 4 is 27.7 Å². The molecule has 2 N–H and O–H groups in total. The fourth-order valence-electron chi connectivity index (χ4n) is 1.89. The zero-order valence-corrected chi connectivity index (χ0v) is 13.3. The highest BCUT2D eigenvalue weighted by Gasteiger charge is 2.14. The highest BCUT2D eigenvalue weighted by atomic mass is 79.9. The van der Waals surface area contributed by atoms with Gasteiger partial charge in [0.25, 0.3) is 0 Å². The molecule has 19 heavy (non-hydrogen) atoms. The second-order valence-corrected chi connectivity index (χ2v) is 6.13. The Morgan fingerprint density at radius 3 is 2.42 bits per heavy atom. The Balaban J connectivity index is 2.43. The van der Waals surface area contributed by atoms with Crippen LogP contribution in [-0.2, 0) is 0 Å². The zero-order valence-electron chi connectivity index (χ0n) is 10.9. The third kappa shape index (κ3) is 3.32. The lowest BCUT2D eigenvalue weighted by Crippen LogP contribution is -2.08. The van der Waals surface area contributed by atoms with Crippen LogP contribution in [0.3, 0.4) is 0 Å². The van der Waals surface area contributed by atoms with Crippen LogP contribution >= 0.6 is 27.7 Å². The van der Waals surface area contributed by atoms with Gasteiger partial charge in [0.2, 0.25) is 0 Å². The maximum Gasteiger partial charge on any atom is 0.124 e. The molecule has 2 rings (SSSR count). The van der Waals surface area contributed by atoms with Crippen molar-refractivity contribution in [2.75, 3.05) is 7.11 Å². The Morgan fingerprint density at radius 1 is 1.11 bits per heavy atom. The minimum absolute atomic E-state index is 0.0684. The van der Waals surface area contributed by atoms with Crippen molar-refractivity contribution in [3.8, 4) is 5.75 Å². The summed E-state index contributed by atoms with van der Waals surface area (Å²) in [6.45, 7) is 1.97. The zero-order chi connectivity index (χ0) is 13.8. The molecule has 0 saturated carbocycles. The van der Waals surface area contributed by atoms with E-state index in [2.05, 4.69) is 28.1 Å². The molecule has 0 saturated heterocycles. The summed E-state index contributed by atoms with van der Waals surface area (Å²) in [6, 6.07) is 14.1. The SMILES string of the molecule is COc1cccc(Sc2ccccc2Br)c1[C@H](C)N. The van der Waals surface area contributed by atoms with E-state index < -0.39 is 0 Å². The van der Waals surface area contributed by atoms with Gasteiger partial charge in [-0.05, 0) is 47.1 Å². The van der Waals surface area contributed by atoms with E-state index in [0.717, 1.165) is 25.6 Å². The van der Waals surface area contributed by atoms with Crippen LogP contribution in [0.15, 0.2) is 56.7 Å². The van der Waals surface area contributed by atoms with Crippen LogP contribution in [0.1, 0.15) is 18.5 Å². The maximum atomic E-state index is 6.08. The predicted molar refractivity (Wildman–Crippen MR) is 83.9 cm³/mol. The smallest absolute Gasteiger partial charge is 0.124 e. The van der Waals surface area contributed by atoms with Gasteiger partial charge < -0.3 is 10.5 Å². The van der Waals surface area contributed by atoms with Gasteiger partial charge >= 0.3 is 0 Å². The number of halogens is 1. The van der Waals surface area contributed by atoms with Crippen LogP contribution in [0.5, 0.6) is 5.75 Å². The van der Waals surface area contributed by atoms with Gasteiger partial charge in [0.1, 0.15) is 5.75 Å². The first kappa shape index (κ1) is 14.4. The van der Waals surface area contributed by atoms with Gasteiger partial charge in [-0.3, -0.25) is 0 Å².